The summed E-state index contributed by atoms with van der Waals surface area (Å²) in [6.45, 7) is 2.08. The Labute approximate surface area is 150 Å². The van der Waals surface area contributed by atoms with Gasteiger partial charge in [0.1, 0.15) is 6.61 Å². The van der Waals surface area contributed by atoms with E-state index in [2.05, 4.69) is 20.5 Å². The molecule has 25 heavy (non-hydrogen) atoms. The van der Waals surface area contributed by atoms with Crippen molar-refractivity contribution in [2.45, 2.75) is 13.5 Å². The number of ether oxygens (including phenoxy) is 1. The summed E-state index contributed by atoms with van der Waals surface area (Å²) in [5.74, 6) is 0.209. The van der Waals surface area contributed by atoms with E-state index < -0.39 is 0 Å². The molecule has 3 rings (SSSR count). The van der Waals surface area contributed by atoms with Gasteiger partial charge in [0.05, 0.1) is 12.3 Å². The van der Waals surface area contributed by atoms with Crippen LogP contribution in [0.25, 0.3) is 11.3 Å². The van der Waals surface area contributed by atoms with Gasteiger partial charge < -0.3 is 10.1 Å². The van der Waals surface area contributed by atoms with Crippen LogP contribution in [0.5, 0.6) is 0 Å². The van der Waals surface area contributed by atoms with Gasteiger partial charge in [-0.2, -0.15) is 5.10 Å². The number of nitrogens with zero attached hydrogens (tertiary/aromatic N) is 2. The zero-order valence-electron chi connectivity index (χ0n) is 13.6. The molecule has 0 aliphatic carbocycles. The number of carbonyl (C=O) groups excluding carboxylic acids is 1. The summed E-state index contributed by atoms with van der Waals surface area (Å²) in [6, 6.07) is 11.1. The molecule has 1 amide bonds. The van der Waals surface area contributed by atoms with Gasteiger partial charge in [-0.3, -0.25) is 14.9 Å². The number of aromatic amines is 1. The number of aromatic nitrogens is 3. The van der Waals surface area contributed by atoms with Crippen molar-refractivity contribution in [2.75, 3.05) is 11.9 Å². The third kappa shape index (κ3) is 4.23. The maximum absolute atomic E-state index is 12.1. The van der Waals surface area contributed by atoms with Crippen LogP contribution in [0.3, 0.4) is 0 Å². The van der Waals surface area contributed by atoms with E-state index in [1.165, 1.54) is 0 Å². The van der Waals surface area contributed by atoms with E-state index in [4.69, 9.17) is 16.3 Å². The predicted molar refractivity (Wildman–Crippen MR) is 96.3 cm³/mol. The van der Waals surface area contributed by atoms with E-state index in [1.807, 2.05) is 37.3 Å². The molecule has 2 N–H and O–H groups in total. The first-order valence-electron chi connectivity index (χ1n) is 7.71. The summed E-state index contributed by atoms with van der Waals surface area (Å²) in [6.07, 6.45) is 3.41. The molecular formula is C18H17ClN4O2. The number of hydrogen-bond donors (Lipinski definition) is 2. The van der Waals surface area contributed by atoms with Gasteiger partial charge in [-0.15, -0.1) is 0 Å². The summed E-state index contributed by atoms with van der Waals surface area (Å²) in [5.41, 5.74) is 3.49. The number of pyridine rings is 1. The van der Waals surface area contributed by atoms with Gasteiger partial charge in [-0.25, -0.2) is 0 Å². The second kappa shape index (κ2) is 7.92. The molecule has 6 nitrogen and oxygen atoms in total. The third-order valence-electron chi connectivity index (χ3n) is 3.69. The van der Waals surface area contributed by atoms with Crippen LogP contribution in [0.4, 0.5) is 5.82 Å². The van der Waals surface area contributed by atoms with Crippen LogP contribution in [0.15, 0.2) is 48.8 Å². The fourth-order valence-corrected chi connectivity index (χ4v) is 2.55. The molecule has 0 radical (unpaired) electrons. The van der Waals surface area contributed by atoms with Crippen molar-refractivity contribution < 1.29 is 9.53 Å². The summed E-state index contributed by atoms with van der Waals surface area (Å²) in [5, 5.41) is 10.5. The molecule has 128 valence electrons. The molecule has 2 aromatic heterocycles. The first-order valence-corrected chi connectivity index (χ1v) is 8.09. The Balaban J connectivity index is 1.57. The quantitative estimate of drug-likeness (QED) is 0.707. The largest absolute Gasteiger partial charge is 0.367 e. The minimum atomic E-state index is -0.275. The Morgan fingerprint density at radius 3 is 2.76 bits per heavy atom. The van der Waals surface area contributed by atoms with Gasteiger partial charge in [-0.05, 0) is 30.7 Å². The summed E-state index contributed by atoms with van der Waals surface area (Å²) in [4.78, 5) is 16.0. The zero-order chi connectivity index (χ0) is 17.6. The van der Waals surface area contributed by atoms with Gasteiger partial charge in [0.25, 0.3) is 5.91 Å². The lowest BCUT2D eigenvalue weighted by Gasteiger charge is -2.06. The van der Waals surface area contributed by atoms with Crippen molar-refractivity contribution in [3.05, 3.63) is 64.9 Å². The van der Waals surface area contributed by atoms with Crippen LogP contribution in [0, 0.1) is 6.92 Å². The summed E-state index contributed by atoms with van der Waals surface area (Å²) < 4.78 is 5.42. The number of amides is 1. The minimum absolute atomic E-state index is 0.0812. The first kappa shape index (κ1) is 17.1. The molecule has 0 aliphatic rings. The molecular weight excluding hydrogens is 340 g/mol. The lowest BCUT2D eigenvalue weighted by Crippen LogP contribution is -2.19. The molecule has 0 aliphatic heterocycles. The molecule has 0 atom stereocenters. The Morgan fingerprint density at radius 2 is 2.00 bits per heavy atom. The fraction of sp³-hybridized carbons (Fsp3) is 0.167. The van der Waals surface area contributed by atoms with Crippen LogP contribution in [-0.4, -0.2) is 27.7 Å². The van der Waals surface area contributed by atoms with E-state index in [0.29, 0.717) is 10.8 Å². The van der Waals surface area contributed by atoms with Crippen molar-refractivity contribution in [1.29, 1.82) is 0 Å². The number of anilines is 1. The zero-order valence-corrected chi connectivity index (χ0v) is 14.4. The SMILES string of the molecule is Cc1c(NC(=O)COCc2ccccc2Cl)n[nH]c1-c1ccncc1. The minimum Gasteiger partial charge on any atom is -0.367 e. The molecule has 3 aromatic rings. The van der Waals surface area contributed by atoms with Crippen LogP contribution in [-0.2, 0) is 16.1 Å². The van der Waals surface area contributed by atoms with Crippen LogP contribution >= 0.6 is 11.6 Å². The molecule has 1 aromatic carbocycles. The molecule has 0 unspecified atom stereocenters. The Hall–Kier alpha value is -2.70. The van der Waals surface area contributed by atoms with E-state index >= 15 is 0 Å². The van der Waals surface area contributed by atoms with Crippen LogP contribution in [0.1, 0.15) is 11.1 Å². The Bertz CT molecular complexity index is 865. The predicted octanol–water partition coefficient (Wildman–Crippen LogP) is 3.59. The standard InChI is InChI=1S/C18H17ClN4O2/c1-12-17(13-6-8-20-9-7-13)22-23-18(12)21-16(24)11-25-10-14-4-2-3-5-15(14)19/h2-9H,10-11H2,1H3,(H2,21,22,23,24). The van der Waals surface area contributed by atoms with Crippen LogP contribution in [0.2, 0.25) is 5.02 Å². The maximum Gasteiger partial charge on any atom is 0.251 e. The van der Waals surface area contributed by atoms with Gasteiger partial charge >= 0.3 is 0 Å². The van der Waals surface area contributed by atoms with Crippen LogP contribution < -0.4 is 5.32 Å². The number of carbonyl (C=O) groups is 1. The normalized spacial score (nSPS) is 10.6. The Morgan fingerprint density at radius 1 is 1.24 bits per heavy atom. The van der Waals surface area contributed by atoms with Crippen molar-refractivity contribution in [3.8, 4) is 11.3 Å². The number of rotatable bonds is 6. The van der Waals surface area contributed by atoms with E-state index in [-0.39, 0.29) is 19.1 Å². The van der Waals surface area contributed by atoms with Gasteiger partial charge in [0.2, 0.25) is 0 Å². The topological polar surface area (TPSA) is 79.9 Å². The first-order chi connectivity index (χ1) is 12.1. The van der Waals surface area contributed by atoms with Gasteiger partial charge in [0.15, 0.2) is 5.82 Å². The molecule has 0 saturated carbocycles. The number of nitrogens with one attached hydrogen (secondary N) is 2. The number of benzene rings is 1. The number of H-pyrrole nitrogens is 1. The lowest BCUT2D eigenvalue weighted by molar-refractivity contribution is -0.121. The average Bonchev–Trinajstić information content (AvgIpc) is 2.98. The molecule has 0 saturated heterocycles. The second-order valence-electron chi connectivity index (χ2n) is 5.44. The second-order valence-corrected chi connectivity index (χ2v) is 5.85. The fourth-order valence-electron chi connectivity index (χ4n) is 2.36. The van der Waals surface area contributed by atoms with Crippen molar-refractivity contribution in [3.63, 3.8) is 0 Å². The molecule has 7 heteroatoms. The molecule has 0 fully saturated rings. The van der Waals surface area contributed by atoms with Gasteiger partial charge in [-0.1, -0.05) is 29.8 Å². The third-order valence-corrected chi connectivity index (χ3v) is 4.05. The smallest absolute Gasteiger partial charge is 0.251 e. The monoisotopic (exact) mass is 356 g/mol. The van der Waals surface area contributed by atoms with Gasteiger partial charge in [0, 0.05) is 28.5 Å². The van der Waals surface area contributed by atoms with E-state index in [1.54, 1.807) is 18.5 Å². The maximum atomic E-state index is 12.1. The average molecular weight is 357 g/mol. The van der Waals surface area contributed by atoms with Crippen molar-refractivity contribution in [1.82, 2.24) is 15.2 Å². The van der Waals surface area contributed by atoms with Crippen molar-refractivity contribution >= 4 is 23.3 Å². The van der Waals surface area contributed by atoms with E-state index in [9.17, 15) is 4.79 Å². The summed E-state index contributed by atoms with van der Waals surface area (Å²) in [7, 11) is 0. The molecule has 2 heterocycles. The van der Waals surface area contributed by atoms with E-state index in [0.717, 1.165) is 22.4 Å². The molecule has 0 bridgehead atoms. The summed E-state index contributed by atoms with van der Waals surface area (Å²) >= 11 is 6.05. The highest BCUT2D eigenvalue weighted by atomic mass is 35.5. The highest BCUT2D eigenvalue weighted by molar-refractivity contribution is 6.31. The highest BCUT2D eigenvalue weighted by Gasteiger charge is 2.13. The lowest BCUT2D eigenvalue weighted by atomic mass is 10.1. The number of hydrogen-bond acceptors (Lipinski definition) is 4. The van der Waals surface area contributed by atoms with Crippen molar-refractivity contribution in [2.24, 2.45) is 0 Å². The number of halogens is 1. The molecule has 0 spiro atoms. The Kier molecular flexibility index (Phi) is 5.42. The highest BCUT2D eigenvalue weighted by Crippen LogP contribution is 2.25.